The first-order valence-electron chi connectivity index (χ1n) is 7.69. The van der Waals surface area contributed by atoms with Gasteiger partial charge in [-0.25, -0.2) is 0 Å². The quantitative estimate of drug-likeness (QED) is 0.476. The van der Waals surface area contributed by atoms with Gasteiger partial charge in [0.05, 0.1) is 11.6 Å². The summed E-state index contributed by atoms with van der Waals surface area (Å²) >= 11 is 0. The maximum absolute atomic E-state index is 12.2. The zero-order valence-corrected chi connectivity index (χ0v) is 15.5. The third kappa shape index (κ3) is 4.07. The summed E-state index contributed by atoms with van der Waals surface area (Å²) in [6, 6.07) is 0. The number of rotatable bonds is 7. The summed E-state index contributed by atoms with van der Waals surface area (Å²) in [6.45, 7) is 19.8. The Bertz CT molecular complexity index is 271. The highest BCUT2D eigenvalue weighted by Crippen LogP contribution is 2.41. The van der Waals surface area contributed by atoms with Crippen LogP contribution in [0.3, 0.4) is 0 Å². The van der Waals surface area contributed by atoms with Gasteiger partial charge in [-0.3, -0.25) is 4.79 Å². The zero-order valence-electron chi connectivity index (χ0n) is 14.5. The van der Waals surface area contributed by atoms with E-state index in [1.165, 1.54) is 0 Å². The van der Waals surface area contributed by atoms with E-state index in [1.54, 1.807) is 0 Å². The van der Waals surface area contributed by atoms with E-state index in [9.17, 15) is 4.79 Å². The van der Waals surface area contributed by atoms with Crippen molar-refractivity contribution >= 4 is 14.0 Å². The third-order valence-corrected chi connectivity index (χ3v) is 12.2. The Kier molecular flexibility index (Phi) is 6.80. The molecule has 0 bridgehead atoms. The highest BCUT2D eigenvalue weighted by atomic mass is 28.3. The highest BCUT2D eigenvalue weighted by Gasteiger charge is 2.44. The smallest absolute Gasteiger partial charge is 0.311 e. The molecule has 0 aromatic heterocycles. The molecular formula is C16H34O2Si. The largest absolute Gasteiger partial charge is 0.469 e. The standard InChI is InChI=1S/C16H34O2Si/c1-10-16(8,9)15(17)18-11-19(12(2)3,13(4)5)14(6)7/h12-14H,10-11H2,1-9H3. The summed E-state index contributed by atoms with van der Waals surface area (Å²) in [7, 11) is -1.62. The molecule has 2 nitrogen and oxygen atoms in total. The molecule has 0 rings (SSSR count). The number of ether oxygens (including phenoxy) is 1. The number of hydrogen-bond donors (Lipinski definition) is 0. The summed E-state index contributed by atoms with van der Waals surface area (Å²) < 4.78 is 5.77. The van der Waals surface area contributed by atoms with Gasteiger partial charge < -0.3 is 4.74 Å². The van der Waals surface area contributed by atoms with E-state index < -0.39 is 8.07 Å². The lowest BCUT2D eigenvalue weighted by atomic mass is 9.91. The van der Waals surface area contributed by atoms with Crippen molar-refractivity contribution in [1.82, 2.24) is 0 Å². The first kappa shape index (κ1) is 18.7. The van der Waals surface area contributed by atoms with E-state index in [2.05, 4.69) is 41.5 Å². The molecule has 0 unspecified atom stereocenters. The van der Waals surface area contributed by atoms with Crippen molar-refractivity contribution in [2.45, 2.75) is 85.4 Å². The molecule has 0 amide bonds. The first-order valence-corrected chi connectivity index (χ1v) is 10.1. The highest BCUT2D eigenvalue weighted by molar-refractivity contribution is 6.83. The first-order chi connectivity index (χ1) is 8.52. The molecule has 0 aliphatic carbocycles. The van der Waals surface area contributed by atoms with E-state index in [-0.39, 0.29) is 11.4 Å². The van der Waals surface area contributed by atoms with Crippen LogP contribution < -0.4 is 0 Å². The second-order valence-electron chi connectivity index (χ2n) is 7.39. The summed E-state index contributed by atoms with van der Waals surface area (Å²) in [5.41, 5.74) is 1.53. The van der Waals surface area contributed by atoms with E-state index >= 15 is 0 Å². The Morgan fingerprint density at radius 2 is 1.37 bits per heavy atom. The summed E-state index contributed by atoms with van der Waals surface area (Å²) in [6.07, 6.45) is 1.49. The maximum atomic E-state index is 12.2. The van der Waals surface area contributed by atoms with Crippen molar-refractivity contribution in [2.75, 3.05) is 6.23 Å². The van der Waals surface area contributed by atoms with Gasteiger partial charge in [0.15, 0.2) is 0 Å². The Labute approximate surface area is 121 Å². The molecule has 3 heteroatoms. The van der Waals surface area contributed by atoms with Crippen molar-refractivity contribution in [3.63, 3.8) is 0 Å². The molecule has 19 heavy (non-hydrogen) atoms. The van der Waals surface area contributed by atoms with E-state index in [1.807, 2.05) is 20.8 Å². The molecule has 0 fully saturated rings. The van der Waals surface area contributed by atoms with Gasteiger partial charge in [0.25, 0.3) is 0 Å². The van der Waals surface area contributed by atoms with Crippen LogP contribution in [0.1, 0.15) is 68.7 Å². The third-order valence-electron chi connectivity index (χ3n) is 5.11. The van der Waals surface area contributed by atoms with E-state index in [0.29, 0.717) is 22.9 Å². The predicted octanol–water partition coefficient (Wildman–Crippen LogP) is 5.18. The average molecular weight is 287 g/mol. The lowest BCUT2D eigenvalue weighted by Crippen LogP contribution is -2.50. The molecule has 0 atom stereocenters. The lowest BCUT2D eigenvalue weighted by Gasteiger charge is -2.42. The van der Waals surface area contributed by atoms with Gasteiger partial charge in [-0.15, -0.1) is 0 Å². The Morgan fingerprint density at radius 3 is 1.63 bits per heavy atom. The normalized spacial score (nSPS) is 13.5. The van der Waals surface area contributed by atoms with Crippen LogP contribution in [0.5, 0.6) is 0 Å². The van der Waals surface area contributed by atoms with Gasteiger partial charge in [-0.1, -0.05) is 48.5 Å². The van der Waals surface area contributed by atoms with Crippen molar-refractivity contribution in [1.29, 1.82) is 0 Å². The Morgan fingerprint density at radius 1 is 1.00 bits per heavy atom. The molecule has 0 spiro atoms. The van der Waals surface area contributed by atoms with Gasteiger partial charge in [0.1, 0.15) is 8.07 Å². The summed E-state index contributed by atoms with van der Waals surface area (Å²) in [5.74, 6) is -0.0335. The summed E-state index contributed by atoms with van der Waals surface area (Å²) in [4.78, 5) is 12.2. The molecule has 0 aliphatic heterocycles. The fourth-order valence-electron chi connectivity index (χ4n) is 3.03. The van der Waals surface area contributed by atoms with Crippen molar-refractivity contribution < 1.29 is 9.53 Å². The van der Waals surface area contributed by atoms with Crippen LogP contribution in [0.15, 0.2) is 0 Å². The van der Waals surface area contributed by atoms with E-state index in [0.717, 1.165) is 6.42 Å². The monoisotopic (exact) mass is 286 g/mol. The van der Waals surface area contributed by atoms with Crippen molar-refractivity contribution in [3.05, 3.63) is 0 Å². The minimum atomic E-state index is -1.62. The van der Waals surface area contributed by atoms with Gasteiger partial charge in [0.2, 0.25) is 0 Å². The maximum Gasteiger partial charge on any atom is 0.311 e. The lowest BCUT2D eigenvalue weighted by molar-refractivity contribution is -0.152. The topological polar surface area (TPSA) is 26.3 Å². The van der Waals surface area contributed by atoms with Crippen LogP contribution in [0, 0.1) is 5.41 Å². The molecule has 114 valence electrons. The van der Waals surface area contributed by atoms with Crippen molar-refractivity contribution in [3.8, 4) is 0 Å². The van der Waals surface area contributed by atoms with Crippen LogP contribution in [0.2, 0.25) is 16.6 Å². The number of carbonyl (C=O) groups excluding carboxylic acids is 1. The Hall–Kier alpha value is -0.313. The minimum absolute atomic E-state index is 0.0335. The van der Waals surface area contributed by atoms with Crippen LogP contribution >= 0.6 is 0 Å². The fraction of sp³-hybridized carbons (Fsp3) is 0.938. The van der Waals surface area contributed by atoms with Crippen LogP contribution in [-0.4, -0.2) is 20.3 Å². The average Bonchev–Trinajstić information content (AvgIpc) is 2.27. The second-order valence-corrected chi connectivity index (χ2v) is 13.4. The van der Waals surface area contributed by atoms with Crippen LogP contribution in [0.4, 0.5) is 0 Å². The number of carbonyl (C=O) groups is 1. The molecule has 0 radical (unpaired) electrons. The molecule has 0 saturated heterocycles. The summed E-state index contributed by atoms with van der Waals surface area (Å²) in [5, 5.41) is 0. The SMILES string of the molecule is CCC(C)(C)C(=O)OC[Si](C(C)C)(C(C)C)C(C)C. The molecule has 0 saturated carbocycles. The van der Waals surface area contributed by atoms with Gasteiger partial charge in [-0.2, -0.15) is 0 Å². The van der Waals surface area contributed by atoms with Crippen molar-refractivity contribution in [2.24, 2.45) is 5.41 Å². The Balaban J connectivity index is 5.02. The number of hydrogen-bond acceptors (Lipinski definition) is 2. The molecule has 0 N–H and O–H groups in total. The van der Waals surface area contributed by atoms with E-state index in [4.69, 9.17) is 4.74 Å². The second kappa shape index (κ2) is 6.92. The predicted molar refractivity (Wildman–Crippen MR) is 86.1 cm³/mol. The van der Waals surface area contributed by atoms with Gasteiger partial charge in [-0.05, 0) is 36.9 Å². The van der Waals surface area contributed by atoms with Gasteiger partial charge >= 0.3 is 5.97 Å². The van der Waals surface area contributed by atoms with Gasteiger partial charge in [0, 0.05) is 0 Å². The molecular weight excluding hydrogens is 252 g/mol. The molecule has 0 aliphatic rings. The van der Waals surface area contributed by atoms with Crippen LogP contribution in [0.25, 0.3) is 0 Å². The number of esters is 1. The fourth-order valence-corrected chi connectivity index (χ4v) is 8.41. The molecule has 0 heterocycles. The minimum Gasteiger partial charge on any atom is -0.469 e. The molecule has 0 aromatic rings. The van der Waals surface area contributed by atoms with Crippen LogP contribution in [-0.2, 0) is 9.53 Å². The zero-order chi connectivity index (χ0) is 15.4. The molecule has 0 aromatic carbocycles.